The van der Waals surface area contributed by atoms with Crippen molar-refractivity contribution in [2.45, 2.75) is 25.9 Å². The lowest BCUT2D eigenvalue weighted by Crippen LogP contribution is -2.34. The lowest BCUT2D eigenvalue weighted by molar-refractivity contribution is 0.261. The molecule has 1 aliphatic heterocycles. The number of thiazole rings is 1. The minimum absolute atomic E-state index is 0.184. The molecule has 2 heterocycles. The van der Waals surface area contributed by atoms with Crippen LogP contribution in [-0.2, 0) is 6.54 Å². The first kappa shape index (κ1) is 18.4. The lowest BCUT2D eigenvalue weighted by atomic mass is 10.1. The topological polar surface area (TPSA) is 60.2 Å². The predicted octanol–water partition coefficient (Wildman–Crippen LogP) is 5.49. The number of aromatic nitrogens is 1. The first-order valence-corrected chi connectivity index (χ1v) is 10.0. The molecule has 0 bridgehead atoms. The fraction of sp³-hybridized carbons (Fsp3) is 0.182. The second-order valence-corrected chi connectivity index (χ2v) is 7.55. The van der Waals surface area contributed by atoms with Crippen molar-refractivity contribution >= 4 is 22.7 Å². The third kappa shape index (κ3) is 3.31. The number of halogens is 1. The quantitative estimate of drug-likeness (QED) is 0.602. The lowest BCUT2D eigenvalue weighted by Gasteiger charge is -2.26. The molecule has 0 aliphatic carbocycles. The number of nitrogens with zero attached hydrogens (tertiary/aromatic N) is 2. The second-order valence-electron chi connectivity index (χ2n) is 6.69. The SMILES string of the molecule is CCC1C(O)=C(c2nc(-c3ccccc3)cs2)C(=N)N1Cc1ccc(F)cc1. The van der Waals surface area contributed by atoms with Gasteiger partial charge < -0.3 is 10.0 Å². The first-order valence-electron chi connectivity index (χ1n) is 9.13. The number of rotatable bonds is 5. The molecule has 4 nitrogen and oxygen atoms in total. The van der Waals surface area contributed by atoms with Crippen molar-refractivity contribution in [2.24, 2.45) is 0 Å². The summed E-state index contributed by atoms with van der Waals surface area (Å²) >= 11 is 1.43. The Morgan fingerprint density at radius 1 is 1.14 bits per heavy atom. The minimum Gasteiger partial charge on any atom is -0.509 e. The van der Waals surface area contributed by atoms with Gasteiger partial charge in [-0.1, -0.05) is 49.4 Å². The van der Waals surface area contributed by atoms with Crippen LogP contribution in [0.4, 0.5) is 4.39 Å². The fourth-order valence-corrected chi connectivity index (χ4v) is 4.35. The fourth-order valence-electron chi connectivity index (χ4n) is 3.47. The van der Waals surface area contributed by atoms with Crippen molar-refractivity contribution in [1.82, 2.24) is 9.88 Å². The zero-order valence-corrected chi connectivity index (χ0v) is 16.2. The Hall–Kier alpha value is -2.99. The molecule has 1 aliphatic rings. The van der Waals surface area contributed by atoms with Crippen LogP contribution >= 0.6 is 11.3 Å². The van der Waals surface area contributed by atoms with E-state index in [4.69, 9.17) is 5.41 Å². The highest BCUT2D eigenvalue weighted by Gasteiger charge is 2.37. The molecule has 6 heteroatoms. The van der Waals surface area contributed by atoms with E-state index in [1.165, 1.54) is 23.5 Å². The van der Waals surface area contributed by atoms with Crippen LogP contribution in [0.3, 0.4) is 0 Å². The van der Waals surface area contributed by atoms with Crippen LogP contribution in [0.1, 0.15) is 23.9 Å². The Kier molecular flexibility index (Phi) is 4.96. The Morgan fingerprint density at radius 2 is 1.86 bits per heavy atom. The van der Waals surface area contributed by atoms with Crippen LogP contribution in [0.25, 0.3) is 16.8 Å². The van der Waals surface area contributed by atoms with Crippen molar-refractivity contribution in [3.8, 4) is 11.3 Å². The number of amidine groups is 1. The number of hydrogen-bond donors (Lipinski definition) is 2. The predicted molar refractivity (Wildman–Crippen MR) is 111 cm³/mol. The molecule has 2 N–H and O–H groups in total. The standard InChI is InChI=1S/C22H20FN3OS/c1-2-18-20(27)19(21(24)26(18)12-14-8-10-16(23)11-9-14)22-25-17(13-28-22)15-6-4-3-5-7-15/h3-11,13,18,24,27H,2,12H2,1H3. The summed E-state index contributed by atoms with van der Waals surface area (Å²) in [5.41, 5.74) is 3.22. The molecule has 1 atom stereocenters. The second kappa shape index (κ2) is 7.56. The zero-order chi connectivity index (χ0) is 19.7. The first-order chi connectivity index (χ1) is 13.6. The van der Waals surface area contributed by atoms with Crippen LogP contribution in [0.2, 0.25) is 0 Å². The highest BCUT2D eigenvalue weighted by atomic mass is 32.1. The Balaban J connectivity index is 1.64. The van der Waals surface area contributed by atoms with E-state index in [-0.39, 0.29) is 23.5 Å². The van der Waals surface area contributed by atoms with Crippen LogP contribution in [0, 0.1) is 11.2 Å². The van der Waals surface area contributed by atoms with E-state index in [1.807, 2.05) is 47.5 Å². The molecule has 0 fully saturated rings. The summed E-state index contributed by atoms with van der Waals surface area (Å²) < 4.78 is 13.2. The van der Waals surface area contributed by atoms with Crippen LogP contribution < -0.4 is 0 Å². The number of aliphatic hydroxyl groups excluding tert-OH is 1. The van der Waals surface area contributed by atoms with Gasteiger partial charge in [-0.15, -0.1) is 11.3 Å². The molecule has 0 saturated heterocycles. The number of hydrogen-bond acceptors (Lipinski definition) is 4. The summed E-state index contributed by atoms with van der Waals surface area (Å²) in [6, 6.07) is 15.8. The normalized spacial score (nSPS) is 16.9. The largest absolute Gasteiger partial charge is 0.509 e. The molecule has 142 valence electrons. The molecule has 0 saturated carbocycles. The summed E-state index contributed by atoms with van der Waals surface area (Å²) in [5, 5.41) is 22.1. The summed E-state index contributed by atoms with van der Waals surface area (Å²) in [4.78, 5) is 6.52. The number of nitrogens with one attached hydrogen (secondary N) is 1. The maximum absolute atomic E-state index is 13.2. The molecular weight excluding hydrogens is 373 g/mol. The van der Waals surface area contributed by atoms with Crippen molar-refractivity contribution in [2.75, 3.05) is 0 Å². The highest BCUT2D eigenvalue weighted by Crippen LogP contribution is 2.36. The van der Waals surface area contributed by atoms with Crippen molar-refractivity contribution in [1.29, 1.82) is 5.41 Å². The van der Waals surface area contributed by atoms with Gasteiger partial charge in [-0.2, -0.15) is 0 Å². The van der Waals surface area contributed by atoms with Gasteiger partial charge in [0.15, 0.2) is 0 Å². The van der Waals surface area contributed by atoms with E-state index in [0.29, 0.717) is 23.5 Å². The van der Waals surface area contributed by atoms with Crippen molar-refractivity contribution < 1.29 is 9.50 Å². The van der Waals surface area contributed by atoms with Gasteiger partial charge in [-0.3, -0.25) is 5.41 Å². The average molecular weight is 393 g/mol. The van der Waals surface area contributed by atoms with Crippen LogP contribution in [-0.4, -0.2) is 26.9 Å². The van der Waals surface area contributed by atoms with E-state index in [0.717, 1.165) is 16.8 Å². The van der Waals surface area contributed by atoms with Gasteiger partial charge in [0, 0.05) is 17.5 Å². The Morgan fingerprint density at radius 3 is 2.54 bits per heavy atom. The third-order valence-corrected chi connectivity index (χ3v) is 5.77. The molecule has 0 amide bonds. The molecule has 4 rings (SSSR count). The third-order valence-electron chi connectivity index (χ3n) is 4.91. The molecule has 0 radical (unpaired) electrons. The van der Waals surface area contributed by atoms with Crippen molar-refractivity contribution in [3.05, 3.63) is 82.1 Å². The van der Waals surface area contributed by atoms with Crippen LogP contribution in [0.15, 0.2) is 65.7 Å². The smallest absolute Gasteiger partial charge is 0.135 e. The number of benzene rings is 2. The molecule has 1 aromatic heterocycles. The van der Waals surface area contributed by atoms with Crippen molar-refractivity contribution in [3.63, 3.8) is 0 Å². The van der Waals surface area contributed by atoms with Gasteiger partial charge in [0.25, 0.3) is 0 Å². The molecule has 2 aromatic carbocycles. The van der Waals surface area contributed by atoms with Gasteiger partial charge in [0.05, 0.1) is 17.3 Å². The van der Waals surface area contributed by atoms with E-state index in [2.05, 4.69) is 4.98 Å². The van der Waals surface area contributed by atoms with Gasteiger partial charge >= 0.3 is 0 Å². The molecular formula is C22H20FN3OS. The monoisotopic (exact) mass is 393 g/mol. The highest BCUT2D eigenvalue weighted by molar-refractivity contribution is 7.11. The molecule has 1 unspecified atom stereocenters. The summed E-state index contributed by atoms with van der Waals surface area (Å²) in [6.45, 7) is 2.41. The average Bonchev–Trinajstić information content (AvgIpc) is 3.27. The molecule has 28 heavy (non-hydrogen) atoms. The summed E-state index contributed by atoms with van der Waals surface area (Å²) in [5.74, 6) is 0.149. The maximum atomic E-state index is 13.2. The zero-order valence-electron chi connectivity index (χ0n) is 15.4. The van der Waals surface area contributed by atoms with E-state index in [9.17, 15) is 9.50 Å². The van der Waals surface area contributed by atoms with E-state index >= 15 is 0 Å². The number of aliphatic hydroxyl groups is 1. The Labute approximate surface area is 167 Å². The van der Waals surface area contributed by atoms with Gasteiger partial charge in [-0.25, -0.2) is 9.37 Å². The molecule has 0 spiro atoms. The van der Waals surface area contributed by atoms with Gasteiger partial charge in [0.2, 0.25) is 0 Å². The van der Waals surface area contributed by atoms with Crippen LogP contribution in [0.5, 0.6) is 0 Å². The van der Waals surface area contributed by atoms with E-state index in [1.54, 1.807) is 12.1 Å². The summed E-state index contributed by atoms with van der Waals surface area (Å²) in [7, 11) is 0. The van der Waals surface area contributed by atoms with Gasteiger partial charge in [-0.05, 0) is 24.1 Å². The summed E-state index contributed by atoms with van der Waals surface area (Å²) in [6.07, 6.45) is 0.663. The van der Waals surface area contributed by atoms with E-state index < -0.39 is 0 Å². The maximum Gasteiger partial charge on any atom is 0.135 e. The van der Waals surface area contributed by atoms with Gasteiger partial charge in [0.1, 0.15) is 22.4 Å². The minimum atomic E-state index is -0.287. The Bertz CT molecular complexity index is 1030. The molecule has 3 aromatic rings.